The molecule has 4 heteroatoms. The van der Waals surface area contributed by atoms with Crippen LogP contribution in [0.4, 0.5) is 0 Å². The molecule has 140 valence electrons. The molecule has 0 radical (unpaired) electrons. The van der Waals surface area contributed by atoms with Gasteiger partial charge in [0.05, 0.1) is 5.39 Å². The quantitative estimate of drug-likeness (QED) is 0.609. The fraction of sp³-hybridized carbons (Fsp3) is 0.304. The molecule has 0 saturated heterocycles. The Morgan fingerprint density at radius 3 is 2.30 bits per heavy atom. The van der Waals surface area contributed by atoms with Crippen molar-refractivity contribution in [1.82, 2.24) is 0 Å². The third-order valence-corrected chi connectivity index (χ3v) is 4.75. The molecule has 1 heterocycles. The minimum Gasteiger partial charge on any atom is -0.455 e. The number of fused-ring (bicyclic) bond motifs is 1. The van der Waals surface area contributed by atoms with Gasteiger partial charge in [-0.15, -0.1) is 0 Å². The zero-order chi connectivity index (χ0) is 19.8. The van der Waals surface area contributed by atoms with Crippen LogP contribution in [0.1, 0.15) is 53.6 Å². The van der Waals surface area contributed by atoms with E-state index in [0.29, 0.717) is 11.0 Å². The highest BCUT2D eigenvalue weighted by molar-refractivity contribution is 5.88. The van der Waals surface area contributed by atoms with Crippen LogP contribution in [0.25, 0.3) is 11.0 Å². The van der Waals surface area contributed by atoms with E-state index in [1.54, 1.807) is 24.3 Å². The van der Waals surface area contributed by atoms with Crippen molar-refractivity contribution in [3.05, 3.63) is 80.7 Å². The minimum absolute atomic E-state index is 0.0548. The van der Waals surface area contributed by atoms with Gasteiger partial charge in [0.2, 0.25) is 5.76 Å². The molecule has 0 saturated carbocycles. The topological polar surface area (TPSA) is 56.5 Å². The molecule has 0 aliphatic carbocycles. The van der Waals surface area contributed by atoms with Crippen LogP contribution in [0, 0.1) is 13.8 Å². The van der Waals surface area contributed by atoms with E-state index in [0.717, 1.165) is 16.7 Å². The summed E-state index contributed by atoms with van der Waals surface area (Å²) in [5.41, 5.74) is 4.54. The van der Waals surface area contributed by atoms with E-state index < -0.39 is 5.97 Å². The molecule has 2 aromatic carbocycles. The van der Waals surface area contributed by atoms with Crippen LogP contribution in [-0.4, -0.2) is 5.97 Å². The molecule has 0 atom stereocenters. The third kappa shape index (κ3) is 3.95. The molecule has 1 aromatic heterocycles. The van der Waals surface area contributed by atoms with E-state index >= 15 is 0 Å². The van der Waals surface area contributed by atoms with Crippen molar-refractivity contribution in [1.29, 1.82) is 0 Å². The lowest BCUT2D eigenvalue weighted by Crippen LogP contribution is -2.14. The lowest BCUT2D eigenvalue weighted by molar-refractivity contribution is 0.0435. The summed E-state index contributed by atoms with van der Waals surface area (Å²) < 4.78 is 11.0. The number of carbonyl (C=O) groups is 1. The van der Waals surface area contributed by atoms with Gasteiger partial charge in [-0.2, -0.15) is 0 Å². The van der Waals surface area contributed by atoms with E-state index in [2.05, 4.69) is 32.9 Å². The number of rotatable bonds is 3. The van der Waals surface area contributed by atoms with Crippen molar-refractivity contribution in [3.8, 4) is 0 Å². The van der Waals surface area contributed by atoms with Gasteiger partial charge in [0.25, 0.3) is 0 Å². The summed E-state index contributed by atoms with van der Waals surface area (Å²) in [5.74, 6) is -0.725. The summed E-state index contributed by atoms with van der Waals surface area (Å²) >= 11 is 0. The SMILES string of the molecule is Cc1cc(C(C)(C)C)cc(C)c1COC(=O)c1cc(=O)c2ccccc2o1. The van der Waals surface area contributed by atoms with Gasteiger partial charge in [0, 0.05) is 6.07 Å². The first kappa shape index (κ1) is 18.9. The number of benzene rings is 2. The predicted molar refractivity (Wildman–Crippen MR) is 106 cm³/mol. The Labute approximate surface area is 158 Å². The van der Waals surface area contributed by atoms with Crippen LogP contribution >= 0.6 is 0 Å². The maximum atomic E-state index is 12.4. The van der Waals surface area contributed by atoms with Crippen LogP contribution < -0.4 is 5.43 Å². The van der Waals surface area contributed by atoms with Crippen molar-refractivity contribution < 1.29 is 13.9 Å². The van der Waals surface area contributed by atoms with Gasteiger partial charge in [-0.3, -0.25) is 4.79 Å². The Kier molecular flexibility index (Phi) is 4.92. The van der Waals surface area contributed by atoms with E-state index in [1.165, 1.54) is 11.6 Å². The van der Waals surface area contributed by atoms with Crippen LogP contribution in [-0.2, 0) is 16.8 Å². The van der Waals surface area contributed by atoms with Gasteiger partial charge in [-0.25, -0.2) is 4.79 Å². The predicted octanol–water partition coefficient (Wildman–Crippen LogP) is 5.06. The zero-order valence-corrected chi connectivity index (χ0v) is 16.4. The van der Waals surface area contributed by atoms with Gasteiger partial charge in [0.15, 0.2) is 5.43 Å². The molecule has 27 heavy (non-hydrogen) atoms. The Balaban J connectivity index is 1.83. The number of hydrogen-bond acceptors (Lipinski definition) is 4. The zero-order valence-electron chi connectivity index (χ0n) is 16.4. The van der Waals surface area contributed by atoms with Crippen LogP contribution in [0.2, 0.25) is 0 Å². The number of hydrogen-bond donors (Lipinski definition) is 0. The Morgan fingerprint density at radius 2 is 1.67 bits per heavy atom. The molecule has 3 rings (SSSR count). The van der Waals surface area contributed by atoms with E-state index in [4.69, 9.17) is 9.15 Å². The van der Waals surface area contributed by atoms with Crippen molar-refractivity contribution in [2.45, 2.75) is 46.6 Å². The molecular formula is C23H24O4. The first-order valence-corrected chi connectivity index (χ1v) is 8.97. The van der Waals surface area contributed by atoms with Crippen molar-refractivity contribution in [3.63, 3.8) is 0 Å². The molecule has 0 N–H and O–H groups in total. The van der Waals surface area contributed by atoms with Crippen molar-refractivity contribution >= 4 is 16.9 Å². The smallest absolute Gasteiger partial charge is 0.374 e. The maximum absolute atomic E-state index is 12.4. The molecule has 0 unspecified atom stereocenters. The number of carbonyl (C=O) groups excluding carboxylic acids is 1. The van der Waals surface area contributed by atoms with Crippen LogP contribution in [0.3, 0.4) is 0 Å². The van der Waals surface area contributed by atoms with Crippen LogP contribution in [0.15, 0.2) is 51.7 Å². The van der Waals surface area contributed by atoms with Gasteiger partial charge < -0.3 is 9.15 Å². The largest absolute Gasteiger partial charge is 0.455 e. The van der Waals surface area contributed by atoms with Gasteiger partial charge in [-0.1, -0.05) is 45.0 Å². The fourth-order valence-electron chi connectivity index (χ4n) is 3.07. The molecule has 0 aliphatic rings. The molecule has 3 aromatic rings. The molecular weight excluding hydrogens is 340 g/mol. The van der Waals surface area contributed by atoms with Gasteiger partial charge in [-0.05, 0) is 53.6 Å². The normalized spacial score (nSPS) is 11.6. The van der Waals surface area contributed by atoms with Gasteiger partial charge >= 0.3 is 5.97 Å². The second-order valence-electron chi connectivity index (χ2n) is 7.89. The highest BCUT2D eigenvalue weighted by Gasteiger charge is 2.18. The lowest BCUT2D eigenvalue weighted by atomic mass is 9.84. The summed E-state index contributed by atoms with van der Waals surface area (Å²) in [4.78, 5) is 24.6. The average Bonchev–Trinajstić information content (AvgIpc) is 2.59. The average molecular weight is 364 g/mol. The van der Waals surface area contributed by atoms with E-state index in [9.17, 15) is 9.59 Å². The third-order valence-electron chi connectivity index (χ3n) is 4.75. The van der Waals surface area contributed by atoms with Crippen molar-refractivity contribution in [2.24, 2.45) is 0 Å². The second kappa shape index (κ2) is 7.03. The summed E-state index contributed by atoms with van der Waals surface area (Å²) in [6.07, 6.45) is 0. The number of esters is 1. The monoisotopic (exact) mass is 364 g/mol. The number of para-hydroxylation sites is 1. The Hall–Kier alpha value is -2.88. The Bertz CT molecular complexity index is 1040. The lowest BCUT2D eigenvalue weighted by Gasteiger charge is -2.22. The summed E-state index contributed by atoms with van der Waals surface area (Å²) in [5, 5.41) is 0.443. The number of aryl methyl sites for hydroxylation is 2. The highest BCUT2D eigenvalue weighted by Crippen LogP contribution is 2.27. The van der Waals surface area contributed by atoms with E-state index in [1.807, 2.05) is 13.8 Å². The molecule has 4 nitrogen and oxygen atoms in total. The molecule has 0 fully saturated rings. The molecule has 0 aliphatic heterocycles. The maximum Gasteiger partial charge on any atom is 0.374 e. The first-order chi connectivity index (χ1) is 12.7. The Morgan fingerprint density at radius 1 is 1.04 bits per heavy atom. The molecule has 0 spiro atoms. The second-order valence-corrected chi connectivity index (χ2v) is 7.89. The number of ether oxygens (including phenoxy) is 1. The van der Waals surface area contributed by atoms with Gasteiger partial charge in [0.1, 0.15) is 12.2 Å². The highest BCUT2D eigenvalue weighted by atomic mass is 16.5. The summed E-state index contributed by atoms with van der Waals surface area (Å²) in [6, 6.07) is 12.3. The fourth-order valence-corrected chi connectivity index (χ4v) is 3.07. The standard InChI is InChI=1S/C23H24O4/c1-14-10-16(23(3,4)5)11-15(2)18(14)13-26-22(25)21-12-19(24)17-8-6-7-9-20(17)27-21/h6-12H,13H2,1-5H3. The van der Waals surface area contributed by atoms with Crippen LogP contribution in [0.5, 0.6) is 0 Å². The summed E-state index contributed by atoms with van der Waals surface area (Å²) in [6.45, 7) is 10.7. The summed E-state index contributed by atoms with van der Waals surface area (Å²) in [7, 11) is 0. The van der Waals surface area contributed by atoms with E-state index in [-0.39, 0.29) is 23.2 Å². The molecule has 0 bridgehead atoms. The van der Waals surface area contributed by atoms with Crippen molar-refractivity contribution in [2.75, 3.05) is 0 Å². The first-order valence-electron chi connectivity index (χ1n) is 8.97. The molecule has 0 amide bonds. The minimum atomic E-state index is -0.642.